The minimum absolute atomic E-state index is 0.0235. The van der Waals surface area contributed by atoms with Crippen LogP contribution in [0.15, 0.2) is 41.5 Å². The molecule has 1 N–H and O–H groups in total. The Morgan fingerprint density at radius 3 is 2.59 bits per heavy atom. The van der Waals surface area contributed by atoms with Gasteiger partial charge >= 0.3 is 0 Å². The molecule has 0 saturated heterocycles. The zero-order valence-corrected chi connectivity index (χ0v) is 17.1. The highest BCUT2D eigenvalue weighted by molar-refractivity contribution is 5.76. The Labute approximate surface area is 169 Å². The topological polar surface area (TPSA) is 86.9 Å². The van der Waals surface area contributed by atoms with Crippen molar-refractivity contribution in [2.75, 3.05) is 20.8 Å². The third kappa shape index (κ3) is 4.59. The molecule has 1 aromatic carbocycles. The summed E-state index contributed by atoms with van der Waals surface area (Å²) in [5.74, 6) is 1.52. The van der Waals surface area contributed by atoms with E-state index in [9.17, 15) is 9.59 Å². The van der Waals surface area contributed by atoms with E-state index >= 15 is 0 Å². The number of aromatic nitrogens is 3. The van der Waals surface area contributed by atoms with Crippen LogP contribution in [0.3, 0.4) is 0 Å². The van der Waals surface area contributed by atoms with Crippen LogP contribution in [0.1, 0.15) is 20.3 Å². The van der Waals surface area contributed by atoms with Gasteiger partial charge in [-0.05, 0) is 36.6 Å². The zero-order chi connectivity index (χ0) is 21.0. The fourth-order valence-corrected chi connectivity index (χ4v) is 3.00. The first-order chi connectivity index (χ1) is 13.9. The number of rotatable bonds is 8. The van der Waals surface area contributed by atoms with Gasteiger partial charge in [-0.2, -0.15) is 5.10 Å². The summed E-state index contributed by atoms with van der Waals surface area (Å²) in [5, 5.41) is 7.32. The van der Waals surface area contributed by atoms with E-state index in [0.29, 0.717) is 35.2 Å². The lowest BCUT2D eigenvalue weighted by Gasteiger charge is -2.08. The van der Waals surface area contributed by atoms with E-state index in [4.69, 9.17) is 9.47 Å². The average molecular weight is 398 g/mol. The molecular weight excluding hydrogens is 372 g/mol. The van der Waals surface area contributed by atoms with Crippen molar-refractivity contribution in [2.24, 2.45) is 5.92 Å². The van der Waals surface area contributed by atoms with Gasteiger partial charge in [-0.15, -0.1) is 0 Å². The number of carbonyl (C=O) groups is 1. The molecule has 0 aliphatic carbocycles. The summed E-state index contributed by atoms with van der Waals surface area (Å²) in [5.41, 5.74) is 1.55. The molecule has 0 spiro atoms. The maximum Gasteiger partial charge on any atom is 0.277 e. The molecule has 8 nitrogen and oxygen atoms in total. The second-order valence-electron chi connectivity index (χ2n) is 7.19. The molecule has 3 rings (SSSR count). The first kappa shape index (κ1) is 20.4. The molecule has 0 atom stereocenters. The van der Waals surface area contributed by atoms with Crippen molar-refractivity contribution in [1.29, 1.82) is 0 Å². The van der Waals surface area contributed by atoms with E-state index in [2.05, 4.69) is 24.3 Å². The number of nitrogens with zero attached hydrogens (tertiary/aromatic N) is 3. The summed E-state index contributed by atoms with van der Waals surface area (Å²) >= 11 is 0. The molecule has 2 aromatic heterocycles. The number of hydrogen-bond acceptors (Lipinski definition) is 5. The summed E-state index contributed by atoms with van der Waals surface area (Å²) < 4.78 is 13.5. The normalized spacial score (nSPS) is 11.1. The summed E-state index contributed by atoms with van der Waals surface area (Å²) in [6, 6.07) is 7.15. The second kappa shape index (κ2) is 8.81. The summed E-state index contributed by atoms with van der Waals surface area (Å²) in [6.07, 6.45) is 4.14. The monoisotopic (exact) mass is 398 g/mol. The molecule has 0 bridgehead atoms. The molecule has 154 valence electrons. The third-order valence-electron chi connectivity index (χ3n) is 4.64. The number of nitrogens with one attached hydrogen (secondary N) is 1. The van der Waals surface area contributed by atoms with E-state index in [0.717, 1.165) is 12.0 Å². The molecule has 0 aliphatic rings. The van der Waals surface area contributed by atoms with E-state index in [1.165, 1.54) is 9.08 Å². The van der Waals surface area contributed by atoms with Crippen molar-refractivity contribution in [3.05, 3.63) is 47.0 Å². The highest BCUT2D eigenvalue weighted by Crippen LogP contribution is 2.31. The lowest BCUT2D eigenvalue weighted by atomic mass is 10.1. The predicted molar refractivity (Wildman–Crippen MR) is 110 cm³/mol. The van der Waals surface area contributed by atoms with Crippen molar-refractivity contribution < 1.29 is 14.3 Å². The fourth-order valence-electron chi connectivity index (χ4n) is 3.00. The van der Waals surface area contributed by atoms with Gasteiger partial charge in [0.15, 0.2) is 11.5 Å². The number of carbonyl (C=O) groups excluding carboxylic acids is 1. The van der Waals surface area contributed by atoms with Gasteiger partial charge in [-0.3, -0.25) is 9.59 Å². The average Bonchev–Trinajstić information content (AvgIpc) is 3.14. The van der Waals surface area contributed by atoms with Crippen LogP contribution in [0.5, 0.6) is 11.5 Å². The molecule has 0 saturated carbocycles. The molecular formula is C21H26N4O4. The van der Waals surface area contributed by atoms with Crippen molar-refractivity contribution in [3.63, 3.8) is 0 Å². The molecule has 29 heavy (non-hydrogen) atoms. The van der Waals surface area contributed by atoms with Gasteiger partial charge in [-0.25, -0.2) is 4.52 Å². The van der Waals surface area contributed by atoms with Crippen LogP contribution in [-0.4, -0.2) is 40.9 Å². The van der Waals surface area contributed by atoms with E-state index in [-0.39, 0.29) is 18.0 Å². The highest BCUT2D eigenvalue weighted by atomic mass is 16.5. The smallest absolute Gasteiger partial charge is 0.277 e. The molecule has 2 heterocycles. The molecule has 0 fully saturated rings. The van der Waals surface area contributed by atoms with Crippen molar-refractivity contribution in [2.45, 2.75) is 26.8 Å². The van der Waals surface area contributed by atoms with Gasteiger partial charge in [0, 0.05) is 24.5 Å². The fraction of sp³-hybridized carbons (Fsp3) is 0.381. The van der Waals surface area contributed by atoms with Crippen LogP contribution in [-0.2, 0) is 11.3 Å². The van der Waals surface area contributed by atoms with E-state index < -0.39 is 0 Å². The molecule has 8 heteroatoms. The summed E-state index contributed by atoms with van der Waals surface area (Å²) in [6.45, 7) is 4.77. The lowest BCUT2D eigenvalue weighted by molar-refractivity contribution is -0.121. The molecule has 3 aromatic rings. The maximum absolute atomic E-state index is 12.8. The van der Waals surface area contributed by atoms with Gasteiger partial charge < -0.3 is 19.4 Å². The molecule has 0 radical (unpaired) electrons. The first-order valence-corrected chi connectivity index (χ1v) is 9.51. The number of ether oxygens (including phenoxy) is 2. The Bertz CT molecular complexity index is 1070. The third-order valence-corrected chi connectivity index (χ3v) is 4.64. The van der Waals surface area contributed by atoms with E-state index in [1.807, 2.05) is 6.07 Å². The largest absolute Gasteiger partial charge is 0.493 e. The minimum Gasteiger partial charge on any atom is -0.493 e. The Hall–Kier alpha value is -3.29. The Morgan fingerprint density at radius 2 is 1.90 bits per heavy atom. The number of methoxy groups -OCH3 is 2. The van der Waals surface area contributed by atoms with Gasteiger partial charge in [0.05, 0.1) is 19.9 Å². The van der Waals surface area contributed by atoms with Crippen molar-refractivity contribution >= 4 is 11.4 Å². The van der Waals surface area contributed by atoms with Crippen LogP contribution in [0.2, 0.25) is 0 Å². The maximum atomic E-state index is 12.8. The lowest BCUT2D eigenvalue weighted by Crippen LogP contribution is -2.33. The predicted octanol–water partition coefficient (Wildman–Crippen LogP) is 2.34. The molecule has 0 unspecified atom stereocenters. The van der Waals surface area contributed by atoms with Crippen LogP contribution >= 0.6 is 0 Å². The van der Waals surface area contributed by atoms with Crippen molar-refractivity contribution in [3.8, 4) is 22.8 Å². The number of hydrogen-bond donors (Lipinski definition) is 1. The first-order valence-electron chi connectivity index (χ1n) is 9.51. The Balaban J connectivity index is 1.85. The molecule has 1 amide bonds. The van der Waals surface area contributed by atoms with Gasteiger partial charge in [-0.1, -0.05) is 13.8 Å². The van der Waals surface area contributed by atoms with Gasteiger partial charge in [0.25, 0.3) is 5.56 Å². The Morgan fingerprint density at radius 1 is 1.14 bits per heavy atom. The standard InChI is InChI=1S/C21H26N4O4/c1-14(2)7-8-22-20(26)13-24-9-10-25-17(21(24)27)12-16(23-25)15-5-6-18(28-3)19(11-15)29-4/h5-6,9-12,14H,7-8,13H2,1-4H3,(H,22,26). The van der Waals surface area contributed by atoms with Crippen LogP contribution in [0.4, 0.5) is 0 Å². The van der Waals surface area contributed by atoms with E-state index in [1.54, 1.807) is 44.8 Å². The van der Waals surface area contributed by atoms with Crippen molar-refractivity contribution in [1.82, 2.24) is 19.5 Å². The Kier molecular flexibility index (Phi) is 6.21. The van der Waals surface area contributed by atoms with Crippen LogP contribution < -0.4 is 20.3 Å². The van der Waals surface area contributed by atoms with Crippen LogP contribution in [0, 0.1) is 5.92 Å². The van der Waals surface area contributed by atoms with Crippen LogP contribution in [0.25, 0.3) is 16.8 Å². The highest BCUT2D eigenvalue weighted by Gasteiger charge is 2.13. The van der Waals surface area contributed by atoms with Gasteiger partial charge in [0.1, 0.15) is 12.1 Å². The second-order valence-corrected chi connectivity index (χ2v) is 7.19. The van der Waals surface area contributed by atoms with Gasteiger partial charge in [0.2, 0.25) is 5.91 Å². The SMILES string of the molecule is COc1ccc(-c2cc3c(=O)n(CC(=O)NCCC(C)C)ccn3n2)cc1OC. The quantitative estimate of drug-likeness (QED) is 0.629. The minimum atomic E-state index is -0.272. The zero-order valence-electron chi connectivity index (χ0n) is 17.1. The number of fused-ring (bicyclic) bond motifs is 1. The summed E-state index contributed by atoms with van der Waals surface area (Å²) in [7, 11) is 3.14. The molecule has 0 aliphatic heterocycles. The number of amides is 1. The summed E-state index contributed by atoms with van der Waals surface area (Å²) in [4.78, 5) is 24.9. The number of benzene rings is 1.